The zero-order valence-electron chi connectivity index (χ0n) is 15.4. The Morgan fingerprint density at radius 3 is 2.59 bits per heavy atom. The van der Waals surface area contributed by atoms with E-state index in [1.807, 2.05) is 53.7 Å². The largest absolute Gasteiger partial charge is 0.371 e. The molecule has 1 aromatic heterocycles. The monoisotopic (exact) mass is 377 g/mol. The summed E-state index contributed by atoms with van der Waals surface area (Å²) >= 11 is 1.52. The summed E-state index contributed by atoms with van der Waals surface area (Å²) in [5.41, 5.74) is 2.86. The Morgan fingerprint density at radius 2 is 1.85 bits per heavy atom. The lowest BCUT2D eigenvalue weighted by Gasteiger charge is -2.22. The van der Waals surface area contributed by atoms with Gasteiger partial charge in [0.2, 0.25) is 0 Å². The highest BCUT2D eigenvalue weighted by molar-refractivity contribution is 7.13. The summed E-state index contributed by atoms with van der Waals surface area (Å²) in [5, 5.41) is 2.76. The van der Waals surface area contributed by atoms with E-state index in [2.05, 4.69) is 34.1 Å². The van der Waals surface area contributed by atoms with Crippen LogP contribution in [0.25, 0.3) is 10.6 Å². The standard InChI is InChI=1S/C22H23N3OS/c1-24(14-17-12-13-25(15-17)19-10-6-3-7-11-19)22(26)20-16-27-21(23-20)18-8-4-2-5-9-18/h2-11,16-17H,12-15H2,1H3. The number of hydrogen-bond acceptors (Lipinski definition) is 4. The molecule has 138 valence electrons. The summed E-state index contributed by atoms with van der Waals surface area (Å²) in [7, 11) is 1.88. The van der Waals surface area contributed by atoms with Gasteiger partial charge in [0.25, 0.3) is 5.91 Å². The fourth-order valence-corrected chi connectivity index (χ4v) is 4.41. The summed E-state index contributed by atoms with van der Waals surface area (Å²) in [6, 6.07) is 20.5. The first-order valence-corrected chi connectivity index (χ1v) is 10.1. The maximum Gasteiger partial charge on any atom is 0.273 e. The van der Waals surface area contributed by atoms with Crippen LogP contribution in [0.5, 0.6) is 0 Å². The highest BCUT2D eigenvalue weighted by Crippen LogP contribution is 2.26. The van der Waals surface area contributed by atoms with E-state index in [0.717, 1.165) is 36.6 Å². The van der Waals surface area contributed by atoms with Gasteiger partial charge in [-0.1, -0.05) is 48.5 Å². The van der Waals surface area contributed by atoms with Crippen LogP contribution in [-0.2, 0) is 0 Å². The molecule has 2 aromatic carbocycles. The van der Waals surface area contributed by atoms with Crippen LogP contribution in [0.1, 0.15) is 16.9 Å². The Bertz CT molecular complexity index is 894. The number of para-hydroxylation sites is 1. The molecule has 0 bridgehead atoms. The van der Waals surface area contributed by atoms with Crippen molar-refractivity contribution in [1.82, 2.24) is 9.88 Å². The number of nitrogens with zero attached hydrogens (tertiary/aromatic N) is 3. The predicted octanol–water partition coefficient (Wildman–Crippen LogP) is 4.41. The van der Waals surface area contributed by atoms with E-state index in [4.69, 9.17) is 0 Å². The first-order chi connectivity index (χ1) is 13.2. The normalized spacial score (nSPS) is 16.5. The molecular formula is C22H23N3OS. The first-order valence-electron chi connectivity index (χ1n) is 9.27. The number of amides is 1. The molecule has 1 unspecified atom stereocenters. The molecule has 1 aliphatic rings. The van der Waals surface area contributed by atoms with Gasteiger partial charge in [-0.3, -0.25) is 4.79 Å². The quantitative estimate of drug-likeness (QED) is 0.661. The Hall–Kier alpha value is -2.66. The van der Waals surface area contributed by atoms with Crippen LogP contribution in [0.15, 0.2) is 66.0 Å². The van der Waals surface area contributed by atoms with Gasteiger partial charge in [-0.25, -0.2) is 4.98 Å². The minimum absolute atomic E-state index is 0.00610. The topological polar surface area (TPSA) is 36.4 Å². The maximum atomic E-state index is 12.8. The summed E-state index contributed by atoms with van der Waals surface area (Å²) in [6.45, 7) is 2.81. The number of benzene rings is 2. The molecule has 27 heavy (non-hydrogen) atoms. The number of thiazole rings is 1. The SMILES string of the molecule is CN(CC1CCN(c2ccccc2)C1)C(=O)c1csc(-c2ccccc2)n1. The Labute approximate surface area is 164 Å². The number of carbonyl (C=O) groups is 1. The van der Waals surface area contributed by atoms with Gasteiger partial charge in [0.05, 0.1) is 0 Å². The zero-order chi connectivity index (χ0) is 18.6. The maximum absolute atomic E-state index is 12.8. The number of anilines is 1. The van der Waals surface area contributed by atoms with Crippen molar-refractivity contribution in [2.45, 2.75) is 6.42 Å². The van der Waals surface area contributed by atoms with Crippen molar-refractivity contribution in [3.8, 4) is 10.6 Å². The second-order valence-electron chi connectivity index (χ2n) is 7.03. The van der Waals surface area contributed by atoms with E-state index in [0.29, 0.717) is 11.6 Å². The van der Waals surface area contributed by atoms with E-state index in [-0.39, 0.29) is 5.91 Å². The van der Waals surface area contributed by atoms with Crippen molar-refractivity contribution >= 4 is 22.9 Å². The van der Waals surface area contributed by atoms with Crippen LogP contribution >= 0.6 is 11.3 Å². The van der Waals surface area contributed by atoms with E-state index in [1.54, 1.807) is 0 Å². The molecule has 0 spiro atoms. The van der Waals surface area contributed by atoms with Gasteiger partial charge in [0, 0.05) is 43.3 Å². The van der Waals surface area contributed by atoms with Gasteiger partial charge in [-0.15, -0.1) is 11.3 Å². The van der Waals surface area contributed by atoms with Gasteiger partial charge in [-0.05, 0) is 24.5 Å². The third kappa shape index (κ3) is 4.03. The summed E-state index contributed by atoms with van der Waals surface area (Å²) in [4.78, 5) is 21.6. The fourth-order valence-electron chi connectivity index (χ4n) is 3.61. The molecule has 1 aliphatic heterocycles. The Balaban J connectivity index is 1.37. The molecule has 0 N–H and O–H groups in total. The molecule has 2 heterocycles. The minimum Gasteiger partial charge on any atom is -0.371 e. The number of hydrogen-bond donors (Lipinski definition) is 0. The summed E-state index contributed by atoms with van der Waals surface area (Å²) in [6.07, 6.45) is 1.11. The second-order valence-corrected chi connectivity index (χ2v) is 7.88. The molecule has 0 saturated carbocycles. The Morgan fingerprint density at radius 1 is 1.15 bits per heavy atom. The molecule has 1 atom stereocenters. The van der Waals surface area contributed by atoms with Gasteiger partial charge < -0.3 is 9.80 Å². The molecule has 1 amide bonds. The highest BCUT2D eigenvalue weighted by atomic mass is 32.1. The second kappa shape index (κ2) is 7.92. The highest BCUT2D eigenvalue weighted by Gasteiger charge is 2.26. The molecule has 3 aromatic rings. The third-order valence-electron chi connectivity index (χ3n) is 5.03. The predicted molar refractivity (Wildman–Crippen MR) is 111 cm³/mol. The van der Waals surface area contributed by atoms with Crippen molar-refractivity contribution in [2.24, 2.45) is 5.92 Å². The van der Waals surface area contributed by atoms with Crippen LogP contribution in [-0.4, -0.2) is 42.5 Å². The molecular weight excluding hydrogens is 354 g/mol. The van der Waals surface area contributed by atoms with E-state index >= 15 is 0 Å². The van der Waals surface area contributed by atoms with Gasteiger partial charge in [0.15, 0.2) is 0 Å². The molecule has 0 aliphatic carbocycles. The fraction of sp³-hybridized carbons (Fsp3) is 0.273. The van der Waals surface area contributed by atoms with Crippen LogP contribution in [0.2, 0.25) is 0 Å². The number of carbonyl (C=O) groups excluding carboxylic acids is 1. The number of aromatic nitrogens is 1. The Kier molecular flexibility index (Phi) is 5.21. The van der Waals surface area contributed by atoms with Gasteiger partial charge in [-0.2, -0.15) is 0 Å². The van der Waals surface area contributed by atoms with Crippen molar-refractivity contribution in [3.05, 3.63) is 71.7 Å². The van der Waals surface area contributed by atoms with Crippen LogP contribution < -0.4 is 4.90 Å². The lowest BCUT2D eigenvalue weighted by atomic mass is 10.1. The minimum atomic E-state index is 0.00610. The van der Waals surface area contributed by atoms with Crippen LogP contribution in [0, 0.1) is 5.92 Å². The van der Waals surface area contributed by atoms with Crippen molar-refractivity contribution < 1.29 is 4.79 Å². The summed E-state index contributed by atoms with van der Waals surface area (Å²) < 4.78 is 0. The third-order valence-corrected chi connectivity index (χ3v) is 5.92. The van der Waals surface area contributed by atoms with Crippen molar-refractivity contribution in [2.75, 3.05) is 31.6 Å². The molecule has 1 fully saturated rings. The van der Waals surface area contributed by atoms with Crippen molar-refractivity contribution in [3.63, 3.8) is 0 Å². The van der Waals surface area contributed by atoms with E-state index < -0.39 is 0 Å². The average molecular weight is 378 g/mol. The van der Waals surface area contributed by atoms with Crippen LogP contribution in [0.4, 0.5) is 5.69 Å². The average Bonchev–Trinajstić information content (AvgIpc) is 3.39. The molecule has 4 nitrogen and oxygen atoms in total. The smallest absolute Gasteiger partial charge is 0.273 e. The lowest BCUT2D eigenvalue weighted by molar-refractivity contribution is 0.0771. The van der Waals surface area contributed by atoms with E-state index in [9.17, 15) is 4.79 Å². The molecule has 1 saturated heterocycles. The molecule has 0 radical (unpaired) electrons. The molecule has 5 heteroatoms. The zero-order valence-corrected chi connectivity index (χ0v) is 16.2. The first kappa shape index (κ1) is 17.7. The van der Waals surface area contributed by atoms with Gasteiger partial charge in [0.1, 0.15) is 10.7 Å². The van der Waals surface area contributed by atoms with Crippen LogP contribution in [0.3, 0.4) is 0 Å². The van der Waals surface area contributed by atoms with Crippen molar-refractivity contribution in [1.29, 1.82) is 0 Å². The lowest BCUT2D eigenvalue weighted by Crippen LogP contribution is -2.33. The number of rotatable bonds is 5. The van der Waals surface area contributed by atoms with E-state index in [1.165, 1.54) is 17.0 Å². The van der Waals surface area contributed by atoms with Gasteiger partial charge >= 0.3 is 0 Å². The molecule has 4 rings (SSSR count). The summed E-state index contributed by atoms with van der Waals surface area (Å²) in [5.74, 6) is 0.498.